The summed E-state index contributed by atoms with van der Waals surface area (Å²) in [5.41, 5.74) is 4.86. The van der Waals surface area contributed by atoms with Gasteiger partial charge in [0, 0.05) is 37.6 Å². The van der Waals surface area contributed by atoms with E-state index in [1.165, 1.54) is 11.9 Å². The molecule has 2 aromatic carbocycles. The number of fused-ring (bicyclic) bond motifs is 1. The van der Waals surface area contributed by atoms with Crippen molar-refractivity contribution < 1.29 is 4.79 Å². The van der Waals surface area contributed by atoms with Crippen LogP contribution in [0.15, 0.2) is 48.7 Å². The number of carbonyl (C=O) groups excluding carboxylic acids is 1. The minimum atomic E-state index is -0.245. The van der Waals surface area contributed by atoms with Gasteiger partial charge in [0.2, 0.25) is 0 Å². The van der Waals surface area contributed by atoms with E-state index >= 15 is 0 Å². The number of rotatable bonds is 4. The highest BCUT2D eigenvalue weighted by atomic mass is 16.1. The Hall–Kier alpha value is -2.99. The van der Waals surface area contributed by atoms with Crippen LogP contribution >= 0.6 is 0 Å². The molecule has 28 heavy (non-hydrogen) atoms. The average molecular weight is 375 g/mol. The minimum Gasteiger partial charge on any atom is -0.369 e. The Labute approximate surface area is 165 Å². The number of nitrogens with zero attached hydrogens (tertiary/aromatic N) is 4. The van der Waals surface area contributed by atoms with Crippen molar-refractivity contribution in [2.24, 2.45) is 0 Å². The van der Waals surface area contributed by atoms with Crippen LogP contribution in [0.1, 0.15) is 23.0 Å². The normalized spacial score (nSPS) is 15.0. The number of amides is 1. The first-order valence-corrected chi connectivity index (χ1v) is 9.75. The Morgan fingerprint density at radius 3 is 2.54 bits per heavy atom. The predicted molar refractivity (Wildman–Crippen MR) is 113 cm³/mol. The van der Waals surface area contributed by atoms with Gasteiger partial charge < -0.3 is 15.1 Å². The summed E-state index contributed by atoms with van der Waals surface area (Å²) < 4.78 is 0. The van der Waals surface area contributed by atoms with Crippen LogP contribution in [-0.4, -0.2) is 53.5 Å². The molecule has 6 nitrogen and oxygen atoms in total. The van der Waals surface area contributed by atoms with Crippen LogP contribution < -0.4 is 10.2 Å². The van der Waals surface area contributed by atoms with E-state index in [0.29, 0.717) is 11.2 Å². The fraction of sp³-hybridized carbons (Fsp3) is 0.318. The van der Waals surface area contributed by atoms with Gasteiger partial charge in [-0.25, -0.2) is 4.98 Å². The number of anilines is 2. The van der Waals surface area contributed by atoms with Crippen molar-refractivity contribution in [3.8, 4) is 0 Å². The van der Waals surface area contributed by atoms with Gasteiger partial charge in [0.1, 0.15) is 5.69 Å². The number of para-hydroxylation sites is 2. The molecule has 1 aliphatic rings. The highest BCUT2D eigenvalue weighted by Gasteiger charge is 2.17. The summed E-state index contributed by atoms with van der Waals surface area (Å²) in [5, 5.41) is 2.97. The fourth-order valence-corrected chi connectivity index (χ4v) is 3.56. The Morgan fingerprint density at radius 1 is 1.07 bits per heavy atom. The minimum absolute atomic E-state index is 0.245. The molecule has 0 saturated carbocycles. The molecule has 1 N–H and O–H groups in total. The van der Waals surface area contributed by atoms with E-state index < -0.39 is 0 Å². The first-order chi connectivity index (χ1) is 13.6. The molecular weight excluding hydrogens is 350 g/mol. The van der Waals surface area contributed by atoms with Crippen molar-refractivity contribution in [3.63, 3.8) is 0 Å². The van der Waals surface area contributed by atoms with Crippen molar-refractivity contribution in [2.45, 2.75) is 13.8 Å². The summed E-state index contributed by atoms with van der Waals surface area (Å²) in [7, 11) is 0. The van der Waals surface area contributed by atoms with Crippen LogP contribution in [0, 0.1) is 6.92 Å². The highest BCUT2D eigenvalue weighted by molar-refractivity contribution is 6.04. The molecule has 1 fully saturated rings. The van der Waals surface area contributed by atoms with Crippen molar-refractivity contribution in [1.29, 1.82) is 0 Å². The third-order valence-electron chi connectivity index (χ3n) is 5.32. The van der Waals surface area contributed by atoms with E-state index in [4.69, 9.17) is 0 Å². The molecule has 144 valence electrons. The van der Waals surface area contributed by atoms with Gasteiger partial charge in [0.25, 0.3) is 5.91 Å². The number of carbonyl (C=O) groups is 1. The number of likely N-dealkylation sites (N-methyl/N-ethyl adjacent to an activating group) is 1. The van der Waals surface area contributed by atoms with Crippen molar-refractivity contribution in [1.82, 2.24) is 14.9 Å². The number of aromatic nitrogens is 2. The SMILES string of the molecule is CCN1CCN(c2ccc(NC(=O)c3cnc4ccccc4n3)c(C)c2)CC1. The number of hydrogen-bond donors (Lipinski definition) is 1. The Balaban J connectivity index is 1.47. The molecule has 6 heteroatoms. The molecule has 0 radical (unpaired) electrons. The zero-order chi connectivity index (χ0) is 19.5. The molecule has 1 aliphatic heterocycles. The molecule has 3 aromatic rings. The maximum Gasteiger partial charge on any atom is 0.275 e. The van der Waals surface area contributed by atoms with Gasteiger partial charge >= 0.3 is 0 Å². The lowest BCUT2D eigenvalue weighted by atomic mass is 10.1. The smallest absolute Gasteiger partial charge is 0.275 e. The van der Waals surface area contributed by atoms with E-state index in [9.17, 15) is 4.79 Å². The summed E-state index contributed by atoms with van der Waals surface area (Å²) in [6.45, 7) is 9.58. The monoisotopic (exact) mass is 375 g/mol. The lowest BCUT2D eigenvalue weighted by molar-refractivity contribution is 0.102. The molecule has 1 saturated heterocycles. The first-order valence-electron chi connectivity index (χ1n) is 9.75. The average Bonchev–Trinajstić information content (AvgIpc) is 2.74. The summed E-state index contributed by atoms with van der Waals surface area (Å²) in [4.78, 5) is 26.2. The molecule has 0 bridgehead atoms. The predicted octanol–water partition coefficient (Wildman–Crippen LogP) is 3.33. The van der Waals surface area contributed by atoms with Gasteiger partial charge in [-0.2, -0.15) is 0 Å². The Kier molecular flexibility index (Phi) is 5.21. The zero-order valence-corrected chi connectivity index (χ0v) is 16.4. The fourth-order valence-electron chi connectivity index (χ4n) is 3.56. The summed E-state index contributed by atoms with van der Waals surface area (Å²) in [6.07, 6.45) is 1.52. The maximum absolute atomic E-state index is 12.6. The topological polar surface area (TPSA) is 61.4 Å². The third kappa shape index (κ3) is 3.82. The second-order valence-electron chi connectivity index (χ2n) is 7.12. The van der Waals surface area contributed by atoms with E-state index in [1.807, 2.05) is 37.3 Å². The van der Waals surface area contributed by atoms with Crippen LogP contribution in [0.25, 0.3) is 11.0 Å². The second kappa shape index (κ2) is 7.94. The number of piperazine rings is 1. The number of aryl methyl sites for hydroxylation is 1. The quantitative estimate of drug-likeness (QED) is 0.758. The van der Waals surface area contributed by atoms with Crippen LogP contribution in [0.3, 0.4) is 0 Å². The highest BCUT2D eigenvalue weighted by Crippen LogP contribution is 2.24. The Bertz CT molecular complexity index is 995. The van der Waals surface area contributed by atoms with Crippen LogP contribution in [0.5, 0.6) is 0 Å². The largest absolute Gasteiger partial charge is 0.369 e. The summed E-state index contributed by atoms with van der Waals surface area (Å²) in [6, 6.07) is 13.7. The molecular formula is C22H25N5O. The molecule has 0 aliphatic carbocycles. The van der Waals surface area contributed by atoms with Crippen molar-refractivity contribution >= 4 is 28.3 Å². The summed E-state index contributed by atoms with van der Waals surface area (Å²) >= 11 is 0. The van der Waals surface area contributed by atoms with Crippen LogP contribution in [-0.2, 0) is 0 Å². The molecule has 0 spiro atoms. The lowest BCUT2D eigenvalue weighted by Gasteiger charge is -2.35. The van der Waals surface area contributed by atoms with E-state index in [1.54, 1.807) is 0 Å². The second-order valence-corrected chi connectivity index (χ2v) is 7.12. The van der Waals surface area contributed by atoms with Crippen molar-refractivity contribution in [3.05, 3.63) is 59.9 Å². The van der Waals surface area contributed by atoms with Gasteiger partial charge in [-0.1, -0.05) is 19.1 Å². The van der Waals surface area contributed by atoms with E-state index in [2.05, 4.69) is 44.1 Å². The number of hydrogen-bond acceptors (Lipinski definition) is 5. The van der Waals surface area contributed by atoms with Crippen molar-refractivity contribution in [2.75, 3.05) is 42.9 Å². The van der Waals surface area contributed by atoms with Gasteiger partial charge in [0.05, 0.1) is 17.2 Å². The van der Waals surface area contributed by atoms with E-state index in [-0.39, 0.29) is 5.91 Å². The molecule has 4 rings (SSSR count). The molecule has 0 atom stereocenters. The number of nitrogens with one attached hydrogen (secondary N) is 1. The zero-order valence-electron chi connectivity index (χ0n) is 16.4. The van der Waals surface area contributed by atoms with Gasteiger partial charge in [-0.15, -0.1) is 0 Å². The molecule has 1 aromatic heterocycles. The lowest BCUT2D eigenvalue weighted by Crippen LogP contribution is -2.46. The third-order valence-corrected chi connectivity index (χ3v) is 5.32. The molecule has 2 heterocycles. The van der Waals surface area contributed by atoms with Gasteiger partial charge in [-0.3, -0.25) is 9.78 Å². The van der Waals surface area contributed by atoms with Gasteiger partial charge in [-0.05, 0) is 49.4 Å². The maximum atomic E-state index is 12.6. The van der Waals surface area contributed by atoms with Crippen LogP contribution in [0.4, 0.5) is 11.4 Å². The number of benzene rings is 2. The first kappa shape index (κ1) is 18.4. The summed E-state index contributed by atoms with van der Waals surface area (Å²) in [5.74, 6) is -0.245. The van der Waals surface area contributed by atoms with E-state index in [0.717, 1.165) is 49.5 Å². The molecule has 0 unspecified atom stereocenters. The molecule has 1 amide bonds. The standard InChI is InChI=1S/C22H25N5O/c1-3-26-10-12-27(13-11-26)17-8-9-18(16(2)14-17)25-22(28)21-15-23-19-6-4-5-7-20(19)24-21/h4-9,14-15H,3,10-13H2,1-2H3,(H,25,28). The van der Waals surface area contributed by atoms with Gasteiger partial charge in [0.15, 0.2) is 0 Å². The Morgan fingerprint density at radius 2 is 1.82 bits per heavy atom. The van der Waals surface area contributed by atoms with Crippen LogP contribution in [0.2, 0.25) is 0 Å².